The first-order valence-corrected chi connectivity index (χ1v) is 5.48. The first-order valence-electron chi connectivity index (χ1n) is 5.48. The molecule has 0 aromatic rings. The lowest BCUT2D eigenvalue weighted by Crippen LogP contribution is -2.53. The second-order valence-corrected chi connectivity index (χ2v) is 4.03. The van der Waals surface area contributed by atoms with Crippen LogP contribution in [0.5, 0.6) is 0 Å². The third-order valence-electron chi connectivity index (χ3n) is 2.60. The van der Waals surface area contributed by atoms with Crippen LogP contribution in [-0.2, 0) is 14.3 Å². The Hall–Kier alpha value is -1.14. The molecule has 2 amide bonds. The number of nitrogens with one attached hydrogen (secondary N) is 1. The minimum absolute atomic E-state index is 0.114. The highest BCUT2D eigenvalue weighted by Gasteiger charge is 2.31. The van der Waals surface area contributed by atoms with Crippen molar-refractivity contribution >= 4 is 11.8 Å². The summed E-state index contributed by atoms with van der Waals surface area (Å²) in [5, 5.41) is 2.76. The third-order valence-corrected chi connectivity index (χ3v) is 2.60. The summed E-state index contributed by atoms with van der Waals surface area (Å²) in [6.45, 7) is 2.63. The molecule has 1 aliphatic carbocycles. The zero-order valence-electron chi connectivity index (χ0n) is 9.44. The minimum atomic E-state index is -0.844. The molecule has 6 heteroatoms. The van der Waals surface area contributed by atoms with Gasteiger partial charge in [0.1, 0.15) is 0 Å². The van der Waals surface area contributed by atoms with Crippen LogP contribution in [0, 0.1) is 0 Å². The van der Waals surface area contributed by atoms with E-state index in [1.807, 2.05) is 6.92 Å². The molecule has 1 unspecified atom stereocenters. The summed E-state index contributed by atoms with van der Waals surface area (Å²) in [6.07, 6.45) is 1.74. The van der Waals surface area contributed by atoms with Gasteiger partial charge < -0.3 is 21.5 Å². The molecule has 6 nitrogen and oxygen atoms in total. The van der Waals surface area contributed by atoms with Crippen molar-refractivity contribution in [2.75, 3.05) is 6.61 Å². The Morgan fingerprint density at radius 1 is 1.50 bits per heavy atom. The normalized spacial score (nSPS) is 25.6. The first-order chi connectivity index (χ1) is 7.52. The number of primary amides is 1. The van der Waals surface area contributed by atoms with E-state index in [1.165, 1.54) is 0 Å². The van der Waals surface area contributed by atoms with Crippen molar-refractivity contribution in [2.45, 2.75) is 44.4 Å². The fourth-order valence-corrected chi connectivity index (χ4v) is 1.67. The van der Waals surface area contributed by atoms with Crippen LogP contribution in [0.15, 0.2) is 0 Å². The predicted molar refractivity (Wildman–Crippen MR) is 58.4 cm³/mol. The lowest BCUT2D eigenvalue weighted by atomic mass is 9.89. The molecule has 0 aromatic carbocycles. The van der Waals surface area contributed by atoms with E-state index in [0.29, 0.717) is 6.61 Å². The number of ether oxygens (including phenoxy) is 1. The van der Waals surface area contributed by atoms with Gasteiger partial charge in [0.15, 0.2) is 0 Å². The second-order valence-electron chi connectivity index (χ2n) is 4.03. The highest BCUT2D eigenvalue weighted by atomic mass is 16.5. The number of rotatable bonds is 6. The fourth-order valence-electron chi connectivity index (χ4n) is 1.67. The highest BCUT2D eigenvalue weighted by molar-refractivity contribution is 5.87. The van der Waals surface area contributed by atoms with Crippen LogP contribution in [0.2, 0.25) is 0 Å². The standard InChI is InChI=1S/C10H19N3O3/c1-2-16-7-3-6(4-7)13-10(15)8(11)5-9(12)14/h6-8H,2-5,11H2,1H3,(H2,12,14)(H,13,15). The zero-order chi connectivity index (χ0) is 12.1. The maximum Gasteiger partial charge on any atom is 0.237 e. The first kappa shape index (κ1) is 12.9. The summed E-state index contributed by atoms with van der Waals surface area (Å²) in [5.41, 5.74) is 10.4. The fraction of sp³-hybridized carbons (Fsp3) is 0.800. The molecule has 0 aromatic heterocycles. The van der Waals surface area contributed by atoms with Gasteiger partial charge in [-0.3, -0.25) is 9.59 Å². The second kappa shape index (κ2) is 5.81. The largest absolute Gasteiger partial charge is 0.378 e. The van der Waals surface area contributed by atoms with Crippen LogP contribution in [0.3, 0.4) is 0 Å². The van der Waals surface area contributed by atoms with Crippen LogP contribution in [0.25, 0.3) is 0 Å². The Morgan fingerprint density at radius 3 is 2.62 bits per heavy atom. The van der Waals surface area contributed by atoms with Gasteiger partial charge in [-0.25, -0.2) is 0 Å². The van der Waals surface area contributed by atoms with Gasteiger partial charge in [-0.05, 0) is 19.8 Å². The van der Waals surface area contributed by atoms with E-state index in [2.05, 4.69) is 5.32 Å². The summed E-state index contributed by atoms with van der Waals surface area (Å²) in [4.78, 5) is 22.0. The molecule has 1 saturated carbocycles. The summed E-state index contributed by atoms with van der Waals surface area (Å²) in [7, 11) is 0. The Kier molecular flexibility index (Phi) is 4.70. The maximum atomic E-state index is 11.5. The van der Waals surface area contributed by atoms with Gasteiger partial charge in [-0.2, -0.15) is 0 Å². The Bertz CT molecular complexity index is 264. The molecule has 92 valence electrons. The lowest BCUT2D eigenvalue weighted by molar-refractivity contribution is -0.128. The smallest absolute Gasteiger partial charge is 0.237 e. The minimum Gasteiger partial charge on any atom is -0.378 e. The van der Waals surface area contributed by atoms with Crippen molar-refractivity contribution in [1.29, 1.82) is 0 Å². The SMILES string of the molecule is CCOC1CC(NC(=O)C(N)CC(N)=O)C1. The van der Waals surface area contributed by atoms with E-state index in [1.54, 1.807) is 0 Å². The van der Waals surface area contributed by atoms with E-state index < -0.39 is 11.9 Å². The monoisotopic (exact) mass is 229 g/mol. The molecule has 0 aliphatic heterocycles. The van der Waals surface area contributed by atoms with Gasteiger partial charge in [0.2, 0.25) is 11.8 Å². The summed E-state index contributed by atoms with van der Waals surface area (Å²) < 4.78 is 5.36. The van der Waals surface area contributed by atoms with E-state index in [9.17, 15) is 9.59 Å². The zero-order valence-corrected chi connectivity index (χ0v) is 9.44. The Labute approximate surface area is 94.7 Å². The van der Waals surface area contributed by atoms with Gasteiger partial charge in [0, 0.05) is 12.6 Å². The number of hydrogen-bond donors (Lipinski definition) is 3. The van der Waals surface area contributed by atoms with Gasteiger partial charge >= 0.3 is 0 Å². The van der Waals surface area contributed by atoms with Gasteiger partial charge in [-0.15, -0.1) is 0 Å². The number of carbonyl (C=O) groups is 2. The van der Waals surface area contributed by atoms with Crippen LogP contribution in [-0.4, -0.2) is 36.6 Å². The summed E-state index contributed by atoms with van der Waals surface area (Å²) in [5.74, 6) is -0.887. The average molecular weight is 229 g/mol. The van der Waals surface area contributed by atoms with E-state index in [0.717, 1.165) is 12.8 Å². The molecular weight excluding hydrogens is 210 g/mol. The molecule has 0 bridgehead atoms. The van der Waals surface area contributed by atoms with Crippen LogP contribution >= 0.6 is 0 Å². The molecule has 0 radical (unpaired) electrons. The van der Waals surface area contributed by atoms with E-state index in [4.69, 9.17) is 16.2 Å². The molecule has 0 spiro atoms. The van der Waals surface area contributed by atoms with E-state index in [-0.39, 0.29) is 24.5 Å². The Morgan fingerprint density at radius 2 is 2.12 bits per heavy atom. The molecule has 1 atom stereocenters. The molecule has 0 heterocycles. The Balaban J connectivity index is 2.18. The molecule has 1 rings (SSSR count). The summed E-state index contributed by atoms with van der Waals surface area (Å²) in [6, 6.07) is -0.730. The molecule has 1 fully saturated rings. The molecule has 16 heavy (non-hydrogen) atoms. The van der Waals surface area contributed by atoms with Crippen molar-refractivity contribution in [1.82, 2.24) is 5.32 Å². The maximum absolute atomic E-state index is 11.5. The van der Waals surface area contributed by atoms with Crippen LogP contribution in [0.1, 0.15) is 26.2 Å². The lowest BCUT2D eigenvalue weighted by Gasteiger charge is -2.35. The van der Waals surface area contributed by atoms with Crippen molar-refractivity contribution < 1.29 is 14.3 Å². The van der Waals surface area contributed by atoms with Gasteiger partial charge in [0.05, 0.1) is 18.6 Å². The molecule has 1 aliphatic rings. The quantitative estimate of drug-likeness (QED) is 0.535. The van der Waals surface area contributed by atoms with Crippen molar-refractivity contribution in [3.63, 3.8) is 0 Å². The number of amides is 2. The molecular formula is C10H19N3O3. The number of nitrogens with two attached hydrogens (primary N) is 2. The topological polar surface area (TPSA) is 107 Å². The van der Waals surface area contributed by atoms with Crippen molar-refractivity contribution in [3.05, 3.63) is 0 Å². The van der Waals surface area contributed by atoms with E-state index >= 15 is 0 Å². The van der Waals surface area contributed by atoms with Crippen LogP contribution in [0.4, 0.5) is 0 Å². The van der Waals surface area contributed by atoms with Gasteiger partial charge in [-0.1, -0.05) is 0 Å². The number of carbonyl (C=O) groups excluding carboxylic acids is 2. The number of hydrogen-bond acceptors (Lipinski definition) is 4. The predicted octanol–water partition coefficient (Wildman–Crippen LogP) is -1.13. The molecule has 0 saturated heterocycles. The highest BCUT2D eigenvalue weighted by Crippen LogP contribution is 2.23. The van der Waals surface area contributed by atoms with Crippen molar-refractivity contribution in [2.24, 2.45) is 11.5 Å². The van der Waals surface area contributed by atoms with Crippen molar-refractivity contribution in [3.8, 4) is 0 Å². The summed E-state index contributed by atoms with van der Waals surface area (Å²) >= 11 is 0. The third kappa shape index (κ3) is 3.79. The molecule has 5 N–H and O–H groups in total. The van der Waals surface area contributed by atoms with Crippen LogP contribution < -0.4 is 16.8 Å². The van der Waals surface area contributed by atoms with Gasteiger partial charge in [0.25, 0.3) is 0 Å². The average Bonchev–Trinajstić information content (AvgIpc) is 2.13.